The van der Waals surface area contributed by atoms with Crippen LogP contribution in [-0.2, 0) is 0 Å². The van der Waals surface area contributed by atoms with Gasteiger partial charge in [-0.05, 0) is 55.4 Å². The second kappa shape index (κ2) is 9.85. The summed E-state index contributed by atoms with van der Waals surface area (Å²) < 4.78 is 0. The number of hydrogen-bond acceptors (Lipinski definition) is 4. The summed E-state index contributed by atoms with van der Waals surface area (Å²) in [6, 6.07) is 25.9. The highest BCUT2D eigenvalue weighted by Crippen LogP contribution is 2.29. The first-order chi connectivity index (χ1) is 16.6. The van der Waals surface area contributed by atoms with E-state index in [0.29, 0.717) is 17.2 Å². The van der Waals surface area contributed by atoms with Crippen molar-refractivity contribution in [2.75, 3.05) is 29.6 Å². The molecule has 1 saturated carbocycles. The minimum absolute atomic E-state index is 0.384. The van der Waals surface area contributed by atoms with E-state index in [1.807, 2.05) is 6.07 Å². The molecule has 1 aliphatic carbocycles. The maximum atomic E-state index is 5.65. The van der Waals surface area contributed by atoms with Gasteiger partial charge >= 0.3 is 0 Å². The van der Waals surface area contributed by atoms with Crippen molar-refractivity contribution >= 4 is 56.2 Å². The number of aromatic nitrogens is 1. The van der Waals surface area contributed by atoms with Gasteiger partial charge in [-0.25, -0.2) is 4.98 Å². The molecule has 0 aliphatic heterocycles. The zero-order valence-corrected chi connectivity index (χ0v) is 20.5. The fourth-order valence-electron chi connectivity index (χ4n) is 4.87. The van der Waals surface area contributed by atoms with Crippen molar-refractivity contribution < 1.29 is 0 Å². The number of hydrogen-bond donors (Lipinski definition) is 3. The van der Waals surface area contributed by atoms with Gasteiger partial charge in [0.05, 0.1) is 5.52 Å². The largest absolute Gasteiger partial charge is 0.377 e. The molecule has 3 N–H and O–H groups in total. The molecule has 1 fully saturated rings. The van der Waals surface area contributed by atoms with Crippen LogP contribution >= 0.6 is 12.2 Å². The highest BCUT2D eigenvalue weighted by atomic mass is 32.1. The number of pyridine rings is 1. The zero-order valence-electron chi connectivity index (χ0n) is 19.7. The number of rotatable bonds is 5. The number of fused-ring (bicyclic) bond motifs is 2. The van der Waals surface area contributed by atoms with Gasteiger partial charge in [0.25, 0.3) is 0 Å². The van der Waals surface area contributed by atoms with Gasteiger partial charge in [-0.3, -0.25) is 0 Å². The van der Waals surface area contributed by atoms with E-state index in [-0.39, 0.29) is 0 Å². The maximum Gasteiger partial charge on any atom is 0.171 e. The average Bonchev–Trinajstić information content (AvgIpc) is 2.85. The third kappa shape index (κ3) is 4.92. The molecule has 0 amide bonds. The molecule has 0 saturated heterocycles. The first-order valence-electron chi connectivity index (χ1n) is 12.0. The molecule has 0 radical (unpaired) electrons. The van der Waals surface area contributed by atoms with E-state index in [2.05, 4.69) is 102 Å². The second-order valence-corrected chi connectivity index (χ2v) is 9.66. The molecule has 34 heavy (non-hydrogen) atoms. The van der Waals surface area contributed by atoms with Crippen molar-refractivity contribution in [2.24, 2.45) is 0 Å². The Labute approximate surface area is 206 Å². The van der Waals surface area contributed by atoms with Gasteiger partial charge in [-0.15, -0.1) is 0 Å². The number of anilines is 3. The van der Waals surface area contributed by atoms with Crippen molar-refractivity contribution in [2.45, 2.75) is 37.8 Å². The molecule has 6 heteroatoms. The van der Waals surface area contributed by atoms with Crippen LogP contribution < -0.4 is 20.9 Å². The maximum absolute atomic E-state index is 5.65. The third-order valence-corrected chi connectivity index (χ3v) is 6.85. The normalized spacial score (nSPS) is 17.9. The van der Waals surface area contributed by atoms with E-state index in [1.54, 1.807) is 0 Å². The Hall–Kier alpha value is -3.38. The van der Waals surface area contributed by atoms with Crippen molar-refractivity contribution in [1.82, 2.24) is 10.3 Å². The SMILES string of the molecule is CN(C)c1cc(NC2CCC(NC(=S)Nc3cccc4ccccc34)CC2)nc2ccccc12. The fourth-order valence-corrected chi connectivity index (χ4v) is 5.15. The van der Waals surface area contributed by atoms with Gasteiger partial charge in [0.2, 0.25) is 0 Å². The Morgan fingerprint density at radius 2 is 1.53 bits per heavy atom. The lowest BCUT2D eigenvalue weighted by Crippen LogP contribution is -2.42. The summed E-state index contributed by atoms with van der Waals surface area (Å²) in [6.45, 7) is 0. The molecule has 3 aromatic carbocycles. The highest BCUT2D eigenvalue weighted by Gasteiger charge is 2.22. The summed E-state index contributed by atoms with van der Waals surface area (Å²) in [4.78, 5) is 7.02. The predicted octanol–water partition coefficient (Wildman–Crippen LogP) is 6.16. The molecule has 0 bridgehead atoms. The van der Waals surface area contributed by atoms with E-state index >= 15 is 0 Å². The minimum Gasteiger partial charge on any atom is -0.377 e. The quantitative estimate of drug-likeness (QED) is 0.304. The lowest BCUT2D eigenvalue weighted by molar-refractivity contribution is 0.388. The molecule has 5 rings (SSSR count). The number of benzene rings is 3. The monoisotopic (exact) mass is 469 g/mol. The van der Waals surface area contributed by atoms with Crippen molar-refractivity contribution in [1.29, 1.82) is 0 Å². The van der Waals surface area contributed by atoms with Gasteiger partial charge in [0.15, 0.2) is 5.11 Å². The van der Waals surface area contributed by atoms with Crippen LogP contribution in [0.3, 0.4) is 0 Å². The molecular weight excluding hydrogens is 438 g/mol. The highest BCUT2D eigenvalue weighted by molar-refractivity contribution is 7.80. The summed E-state index contributed by atoms with van der Waals surface area (Å²) >= 11 is 5.65. The van der Waals surface area contributed by atoms with Crippen LogP contribution in [0, 0.1) is 0 Å². The number of nitrogens with one attached hydrogen (secondary N) is 3. The van der Waals surface area contributed by atoms with Crippen LogP contribution in [0.2, 0.25) is 0 Å². The summed E-state index contributed by atoms with van der Waals surface area (Å²) in [5.41, 5.74) is 3.26. The van der Waals surface area contributed by atoms with E-state index in [9.17, 15) is 0 Å². The summed E-state index contributed by atoms with van der Waals surface area (Å²) in [5, 5.41) is 14.9. The summed E-state index contributed by atoms with van der Waals surface area (Å²) in [6.07, 6.45) is 4.31. The Kier molecular flexibility index (Phi) is 6.50. The Morgan fingerprint density at radius 1 is 0.853 bits per heavy atom. The molecule has 0 atom stereocenters. The average molecular weight is 470 g/mol. The van der Waals surface area contributed by atoms with Gasteiger partial charge in [-0.2, -0.15) is 0 Å². The van der Waals surface area contributed by atoms with E-state index in [1.165, 1.54) is 21.8 Å². The fraction of sp³-hybridized carbons (Fsp3) is 0.286. The summed E-state index contributed by atoms with van der Waals surface area (Å²) in [5.74, 6) is 0.951. The van der Waals surface area contributed by atoms with Crippen LogP contribution in [0.4, 0.5) is 17.2 Å². The molecule has 1 aliphatic rings. The molecule has 1 heterocycles. The topological polar surface area (TPSA) is 52.2 Å². The van der Waals surface area contributed by atoms with Crippen molar-refractivity contribution in [3.8, 4) is 0 Å². The van der Waals surface area contributed by atoms with Crippen molar-refractivity contribution in [3.63, 3.8) is 0 Å². The van der Waals surface area contributed by atoms with E-state index in [4.69, 9.17) is 17.2 Å². The number of nitrogens with zero attached hydrogens (tertiary/aromatic N) is 2. The Bertz CT molecular complexity index is 1310. The molecule has 0 spiro atoms. The molecule has 174 valence electrons. The van der Waals surface area contributed by atoms with Gasteiger partial charge in [-0.1, -0.05) is 54.6 Å². The van der Waals surface area contributed by atoms with E-state index in [0.717, 1.165) is 42.7 Å². The first kappa shape index (κ1) is 22.4. The van der Waals surface area contributed by atoms with Crippen LogP contribution in [0.25, 0.3) is 21.7 Å². The van der Waals surface area contributed by atoms with Crippen LogP contribution in [0.5, 0.6) is 0 Å². The van der Waals surface area contributed by atoms with Crippen LogP contribution in [0.1, 0.15) is 25.7 Å². The second-order valence-electron chi connectivity index (χ2n) is 9.26. The molecule has 4 aromatic rings. The van der Waals surface area contributed by atoms with Crippen LogP contribution in [-0.4, -0.2) is 36.3 Å². The van der Waals surface area contributed by atoms with Gasteiger partial charge in [0, 0.05) is 54.4 Å². The minimum atomic E-state index is 0.384. The first-order valence-corrected chi connectivity index (χ1v) is 12.4. The lowest BCUT2D eigenvalue weighted by atomic mass is 9.91. The van der Waals surface area contributed by atoms with Crippen LogP contribution in [0.15, 0.2) is 72.8 Å². The Balaban J connectivity index is 1.18. The standard InChI is InChI=1S/C28H31N5S/c1-33(2)26-18-27(31-25-12-6-5-11-23(25)26)29-20-14-16-21(17-15-20)30-28(34)32-24-13-7-9-19-8-3-4-10-22(19)24/h3-13,18,20-21H,14-17H2,1-2H3,(H,29,31)(H2,30,32,34). The number of thiocarbonyl (C=S) groups is 1. The smallest absolute Gasteiger partial charge is 0.171 e. The zero-order chi connectivity index (χ0) is 23.5. The lowest BCUT2D eigenvalue weighted by Gasteiger charge is -2.31. The summed E-state index contributed by atoms with van der Waals surface area (Å²) in [7, 11) is 4.16. The number of para-hydroxylation sites is 1. The third-order valence-electron chi connectivity index (χ3n) is 6.63. The molecule has 0 unspecified atom stereocenters. The van der Waals surface area contributed by atoms with Gasteiger partial charge in [0.1, 0.15) is 5.82 Å². The van der Waals surface area contributed by atoms with Gasteiger partial charge < -0.3 is 20.9 Å². The van der Waals surface area contributed by atoms with Crippen molar-refractivity contribution in [3.05, 3.63) is 72.8 Å². The molecule has 1 aromatic heterocycles. The molecular formula is C28H31N5S. The molecule has 5 nitrogen and oxygen atoms in total. The van der Waals surface area contributed by atoms with E-state index < -0.39 is 0 Å². The Morgan fingerprint density at radius 3 is 2.32 bits per heavy atom. The predicted molar refractivity (Wildman–Crippen MR) is 149 cm³/mol.